The molecule has 1 amide bonds. The van der Waals surface area contributed by atoms with E-state index in [9.17, 15) is 9.59 Å². The largest absolute Gasteiger partial charge is 0.356 e. The second-order valence-electron chi connectivity index (χ2n) is 9.09. The molecule has 0 saturated carbocycles. The Labute approximate surface area is 218 Å². The second-order valence-corrected chi connectivity index (χ2v) is 11.2. The van der Waals surface area contributed by atoms with Crippen LogP contribution in [-0.4, -0.2) is 37.6 Å². The summed E-state index contributed by atoms with van der Waals surface area (Å²) in [6, 6.07) is 11.2. The molecule has 2 saturated heterocycles. The minimum atomic E-state index is -0.230. The summed E-state index contributed by atoms with van der Waals surface area (Å²) in [5.74, 6) is 0.904. The molecular weight excluding hydrogens is 500 g/mol. The summed E-state index contributed by atoms with van der Waals surface area (Å²) in [5.41, 5.74) is 2.60. The predicted octanol–water partition coefficient (Wildman–Crippen LogP) is 5.29. The molecule has 9 heteroatoms. The molecule has 0 N–H and O–H groups in total. The number of thiocarbonyl (C=S) groups is 1. The number of aryl methyl sites for hydroxylation is 1. The Balaban J connectivity index is 1.59. The zero-order chi connectivity index (χ0) is 24.7. The average Bonchev–Trinajstić information content (AvgIpc) is 3.10. The number of piperidine rings is 1. The molecule has 6 nitrogen and oxygen atoms in total. The summed E-state index contributed by atoms with van der Waals surface area (Å²) in [6.45, 7) is 6.09. The number of nitrogens with zero attached hydrogens (tertiary/aromatic N) is 4. The maximum absolute atomic E-state index is 13.7. The van der Waals surface area contributed by atoms with Gasteiger partial charge in [-0.25, -0.2) is 4.98 Å². The fraction of sp³-hybridized carbons (Fsp3) is 0.308. The normalized spacial score (nSPS) is 19.9. The molecular formula is C26H25ClN4O2S2. The van der Waals surface area contributed by atoms with E-state index in [-0.39, 0.29) is 18.0 Å². The molecule has 2 fully saturated rings. The summed E-state index contributed by atoms with van der Waals surface area (Å²) in [6.07, 6.45) is 5.58. The molecule has 0 bridgehead atoms. The molecule has 2 aromatic heterocycles. The van der Waals surface area contributed by atoms with Gasteiger partial charge in [-0.15, -0.1) is 0 Å². The first-order valence-corrected chi connectivity index (χ1v) is 13.2. The molecule has 0 spiro atoms. The zero-order valence-electron chi connectivity index (χ0n) is 19.5. The lowest BCUT2D eigenvalue weighted by molar-refractivity contribution is -0.122. The van der Waals surface area contributed by atoms with Gasteiger partial charge in [-0.2, -0.15) is 0 Å². The Bertz CT molecular complexity index is 1430. The van der Waals surface area contributed by atoms with Crippen molar-refractivity contribution >= 4 is 63.3 Å². The summed E-state index contributed by atoms with van der Waals surface area (Å²) in [4.78, 5) is 36.1. The summed E-state index contributed by atoms with van der Waals surface area (Å²) >= 11 is 13.0. The van der Waals surface area contributed by atoms with E-state index >= 15 is 0 Å². The van der Waals surface area contributed by atoms with Crippen molar-refractivity contribution in [2.75, 3.05) is 18.0 Å². The number of fused-ring (bicyclic) bond motifs is 1. The third kappa shape index (κ3) is 4.62. The zero-order valence-corrected chi connectivity index (χ0v) is 21.9. The second kappa shape index (κ2) is 9.76. The van der Waals surface area contributed by atoms with Crippen molar-refractivity contribution in [2.45, 2.75) is 33.2 Å². The van der Waals surface area contributed by atoms with Crippen LogP contribution in [0.2, 0.25) is 5.02 Å². The van der Waals surface area contributed by atoms with Crippen LogP contribution < -0.4 is 10.5 Å². The van der Waals surface area contributed by atoms with Crippen LogP contribution in [0.15, 0.2) is 52.3 Å². The topological polar surface area (TPSA) is 57.9 Å². The molecule has 4 heterocycles. The summed E-state index contributed by atoms with van der Waals surface area (Å²) in [7, 11) is 0. The number of aromatic nitrogens is 2. The lowest BCUT2D eigenvalue weighted by atomic mass is 10.00. The van der Waals surface area contributed by atoms with Gasteiger partial charge in [-0.1, -0.05) is 66.8 Å². The van der Waals surface area contributed by atoms with Gasteiger partial charge in [0.2, 0.25) is 0 Å². The highest BCUT2D eigenvalue weighted by Crippen LogP contribution is 2.35. The van der Waals surface area contributed by atoms with Gasteiger partial charge < -0.3 is 4.90 Å². The minimum absolute atomic E-state index is 0.191. The minimum Gasteiger partial charge on any atom is -0.356 e. The highest BCUT2D eigenvalue weighted by Gasteiger charge is 2.33. The van der Waals surface area contributed by atoms with Gasteiger partial charge in [0.05, 0.1) is 17.0 Å². The lowest BCUT2D eigenvalue weighted by Crippen LogP contribution is -2.37. The number of pyridine rings is 1. The molecule has 1 aromatic carbocycles. The number of hydrogen-bond acceptors (Lipinski definition) is 6. The van der Waals surface area contributed by atoms with Gasteiger partial charge in [0.15, 0.2) is 0 Å². The number of carbonyl (C=O) groups excluding carboxylic acids is 1. The maximum Gasteiger partial charge on any atom is 0.267 e. The van der Waals surface area contributed by atoms with Gasteiger partial charge in [0.1, 0.15) is 15.8 Å². The third-order valence-corrected chi connectivity index (χ3v) is 8.20. The number of carbonyl (C=O) groups is 1. The smallest absolute Gasteiger partial charge is 0.267 e. The van der Waals surface area contributed by atoms with E-state index in [1.165, 1.54) is 16.7 Å². The highest BCUT2D eigenvalue weighted by molar-refractivity contribution is 8.26. The van der Waals surface area contributed by atoms with Crippen molar-refractivity contribution in [3.8, 4) is 0 Å². The van der Waals surface area contributed by atoms with E-state index in [4.69, 9.17) is 28.8 Å². The van der Waals surface area contributed by atoms with Gasteiger partial charge in [-0.05, 0) is 55.0 Å². The van der Waals surface area contributed by atoms with Crippen LogP contribution in [0.25, 0.3) is 11.7 Å². The Morgan fingerprint density at radius 2 is 2.03 bits per heavy atom. The van der Waals surface area contributed by atoms with Crippen LogP contribution in [0.4, 0.5) is 5.82 Å². The molecule has 5 rings (SSSR count). The quantitative estimate of drug-likeness (QED) is 0.341. The van der Waals surface area contributed by atoms with Crippen molar-refractivity contribution in [1.82, 2.24) is 14.3 Å². The van der Waals surface area contributed by atoms with Crippen LogP contribution in [0.3, 0.4) is 0 Å². The van der Waals surface area contributed by atoms with Gasteiger partial charge in [0.25, 0.3) is 11.5 Å². The number of benzene rings is 1. The predicted molar refractivity (Wildman–Crippen MR) is 147 cm³/mol. The van der Waals surface area contributed by atoms with Crippen molar-refractivity contribution in [3.63, 3.8) is 0 Å². The number of thioether (sulfide) groups is 1. The highest BCUT2D eigenvalue weighted by atomic mass is 35.5. The molecule has 2 aliphatic heterocycles. The molecule has 35 heavy (non-hydrogen) atoms. The monoisotopic (exact) mass is 524 g/mol. The molecule has 2 aliphatic rings. The first kappa shape index (κ1) is 24.0. The van der Waals surface area contributed by atoms with E-state index in [1.54, 1.807) is 22.7 Å². The molecule has 3 aromatic rings. The SMILES string of the molecule is Cc1cccn2c(=O)c(C=C3SC(=S)N(Cc4ccccc4Cl)C3=O)c(N3CCCC(C)C3)nc12. The first-order chi connectivity index (χ1) is 16.8. The van der Waals surface area contributed by atoms with Crippen LogP contribution in [0.5, 0.6) is 0 Å². The number of rotatable bonds is 4. The Hall–Kier alpha value is -2.68. The summed E-state index contributed by atoms with van der Waals surface area (Å²) in [5, 5.41) is 0.583. The fourth-order valence-corrected chi connectivity index (χ4v) is 6.05. The lowest BCUT2D eigenvalue weighted by Gasteiger charge is -2.32. The van der Waals surface area contributed by atoms with E-state index in [0.29, 0.717) is 37.2 Å². The van der Waals surface area contributed by atoms with Crippen molar-refractivity contribution in [2.24, 2.45) is 5.92 Å². The standard InChI is InChI=1S/C26H25ClN4O2S2/c1-16-7-5-11-29(14-16)23-19(24(32)30-12-6-8-17(2)22(30)28-23)13-21-25(33)31(26(34)35-21)15-18-9-3-4-10-20(18)27/h3-4,6,8-10,12-13,16H,5,7,11,14-15H2,1-2H3. The number of anilines is 1. The van der Waals surface area contributed by atoms with Crippen LogP contribution >= 0.6 is 35.6 Å². The fourth-order valence-electron chi connectivity index (χ4n) is 4.61. The van der Waals surface area contributed by atoms with Crippen LogP contribution in [0, 0.1) is 12.8 Å². The summed E-state index contributed by atoms with van der Waals surface area (Å²) < 4.78 is 2.00. The Kier molecular flexibility index (Phi) is 6.70. The van der Waals surface area contributed by atoms with E-state index in [0.717, 1.165) is 37.1 Å². The van der Waals surface area contributed by atoms with E-state index in [1.807, 2.05) is 37.3 Å². The van der Waals surface area contributed by atoms with Crippen LogP contribution in [-0.2, 0) is 11.3 Å². The van der Waals surface area contributed by atoms with Gasteiger partial charge in [0, 0.05) is 24.3 Å². The van der Waals surface area contributed by atoms with Crippen LogP contribution in [0.1, 0.15) is 36.5 Å². The maximum atomic E-state index is 13.7. The number of hydrogen-bond donors (Lipinski definition) is 0. The van der Waals surface area contributed by atoms with Gasteiger partial charge in [-0.3, -0.25) is 18.9 Å². The average molecular weight is 525 g/mol. The first-order valence-electron chi connectivity index (χ1n) is 11.6. The van der Waals surface area contributed by atoms with E-state index in [2.05, 4.69) is 11.8 Å². The van der Waals surface area contributed by atoms with E-state index < -0.39 is 0 Å². The Morgan fingerprint density at radius 1 is 1.23 bits per heavy atom. The molecule has 0 aliphatic carbocycles. The Morgan fingerprint density at radius 3 is 2.80 bits per heavy atom. The number of halogens is 1. The van der Waals surface area contributed by atoms with Crippen molar-refractivity contribution in [3.05, 3.63) is 79.6 Å². The number of amides is 1. The molecule has 1 unspecified atom stereocenters. The van der Waals surface area contributed by atoms with Crippen molar-refractivity contribution in [1.29, 1.82) is 0 Å². The molecule has 0 radical (unpaired) electrons. The molecule has 1 atom stereocenters. The molecule has 180 valence electrons. The van der Waals surface area contributed by atoms with Gasteiger partial charge >= 0.3 is 0 Å². The third-order valence-electron chi connectivity index (χ3n) is 6.46. The van der Waals surface area contributed by atoms with Crippen molar-refractivity contribution < 1.29 is 4.79 Å².